The summed E-state index contributed by atoms with van der Waals surface area (Å²) in [5, 5.41) is 4.95. The van der Waals surface area contributed by atoms with Crippen molar-refractivity contribution >= 4 is 17.6 Å². The van der Waals surface area contributed by atoms with Gasteiger partial charge in [-0.25, -0.2) is 9.78 Å². The Labute approximate surface area is 172 Å². The van der Waals surface area contributed by atoms with E-state index < -0.39 is 5.60 Å². The smallest absolute Gasteiger partial charge is 0.410 e. The number of nitrogens with zero attached hydrogens (tertiary/aromatic N) is 5. The van der Waals surface area contributed by atoms with Crippen molar-refractivity contribution in [2.75, 3.05) is 24.5 Å². The highest BCUT2D eigenvalue weighted by atomic mass is 16.6. The largest absolute Gasteiger partial charge is 0.444 e. The van der Waals surface area contributed by atoms with Crippen molar-refractivity contribution in [1.29, 1.82) is 0 Å². The van der Waals surface area contributed by atoms with E-state index >= 15 is 0 Å². The molecular formula is C22H31N5O2. The number of carbonyl (C=O) groups excluding carboxylic acids is 1. The van der Waals surface area contributed by atoms with E-state index in [1.54, 1.807) is 0 Å². The quantitative estimate of drug-likeness (QED) is 0.774. The molecule has 0 aromatic carbocycles. The van der Waals surface area contributed by atoms with Gasteiger partial charge in [0, 0.05) is 43.4 Å². The van der Waals surface area contributed by atoms with Gasteiger partial charge in [-0.1, -0.05) is 0 Å². The molecule has 4 heterocycles. The van der Waals surface area contributed by atoms with Crippen LogP contribution in [0.25, 0.3) is 5.65 Å². The summed E-state index contributed by atoms with van der Waals surface area (Å²) in [6.45, 7) is 8.61. The van der Waals surface area contributed by atoms with Crippen molar-refractivity contribution in [2.24, 2.45) is 0 Å². The fourth-order valence-corrected chi connectivity index (χ4v) is 4.29. The van der Waals surface area contributed by atoms with E-state index in [1.807, 2.05) is 30.2 Å². The van der Waals surface area contributed by atoms with E-state index in [9.17, 15) is 4.79 Å². The van der Waals surface area contributed by atoms with Crippen LogP contribution in [0, 0.1) is 0 Å². The molecule has 3 aliphatic rings. The van der Waals surface area contributed by atoms with Crippen LogP contribution in [-0.2, 0) is 4.74 Å². The first-order chi connectivity index (χ1) is 13.9. The fourth-order valence-electron chi connectivity index (χ4n) is 4.29. The zero-order chi connectivity index (χ0) is 20.2. The summed E-state index contributed by atoms with van der Waals surface area (Å²) in [7, 11) is 0. The number of likely N-dealkylation sites (tertiary alicyclic amines) is 1. The van der Waals surface area contributed by atoms with Gasteiger partial charge in [-0.3, -0.25) is 4.90 Å². The lowest BCUT2D eigenvalue weighted by atomic mass is 10.00. The van der Waals surface area contributed by atoms with Crippen molar-refractivity contribution in [3.8, 4) is 0 Å². The molecule has 2 aliphatic heterocycles. The highest BCUT2D eigenvalue weighted by molar-refractivity contribution is 5.69. The van der Waals surface area contributed by atoms with Crippen LogP contribution in [0.4, 0.5) is 10.6 Å². The number of piperidine rings is 1. The number of fused-ring (bicyclic) bond motifs is 1. The van der Waals surface area contributed by atoms with Gasteiger partial charge in [-0.05, 0) is 59.3 Å². The maximum atomic E-state index is 12.8. The molecule has 2 saturated heterocycles. The van der Waals surface area contributed by atoms with E-state index in [1.165, 1.54) is 25.0 Å². The van der Waals surface area contributed by atoms with Gasteiger partial charge in [0.15, 0.2) is 5.65 Å². The van der Waals surface area contributed by atoms with Gasteiger partial charge in [0.1, 0.15) is 11.4 Å². The number of hydrogen-bond acceptors (Lipinski definition) is 5. The van der Waals surface area contributed by atoms with Crippen molar-refractivity contribution in [2.45, 2.75) is 76.9 Å². The van der Waals surface area contributed by atoms with Crippen molar-refractivity contribution in [1.82, 2.24) is 19.5 Å². The first-order valence-corrected chi connectivity index (χ1v) is 11.0. The number of carbonyl (C=O) groups is 1. The first kappa shape index (κ1) is 18.7. The number of aromatic nitrogens is 3. The van der Waals surface area contributed by atoms with Crippen LogP contribution < -0.4 is 4.90 Å². The first-order valence-electron chi connectivity index (χ1n) is 11.0. The van der Waals surface area contributed by atoms with Crippen molar-refractivity contribution in [3.63, 3.8) is 0 Å². The second-order valence-corrected chi connectivity index (χ2v) is 9.68. The second kappa shape index (κ2) is 6.89. The van der Waals surface area contributed by atoms with Crippen LogP contribution in [0.2, 0.25) is 0 Å². The van der Waals surface area contributed by atoms with Crippen LogP contribution in [0.5, 0.6) is 0 Å². The molecule has 0 radical (unpaired) electrons. The Morgan fingerprint density at radius 2 is 1.83 bits per heavy atom. The lowest BCUT2D eigenvalue weighted by molar-refractivity contribution is 0.00898. The van der Waals surface area contributed by atoms with Crippen molar-refractivity contribution in [3.05, 3.63) is 23.5 Å². The topological polar surface area (TPSA) is 63.0 Å². The van der Waals surface area contributed by atoms with Gasteiger partial charge in [0.05, 0.1) is 11.7 Å². The Kier molecular flexibility index (Phi) is 4.44. The Hall–Kier alpha value is -2.31. The minimum absolute atomic E-state index is 0.0473. The van der Waals surface area contributed by atoms with Gasteiger partial charge in [0.25, 0.3) is 0 Å². The maximum absolute atomic E-state index is 12.8. The minimum Gasteiger partial charge on any atom is -0.444 e. The van der Waals surface area contributed by atoms with E-state index in [0.29, 0.717) is 12.5 Å². The molecule has 7 heteroatoms. The lowest BCUT2D eigenvalue weighted by Crippen LogP contribution is -2.42. The molecule has 156 valence electrons. The molecular weight excluding hydrogens is 366 g/mol. The van der Waals surface area contributed by atoms with E-state index in [2.05, 4.69) is 17.0 Å². The van der Waals surface area contributed by atoms with Crippen LogP contribution in [0.15, 0.2) is 12.1 Å². The number of hydrogen-bond donors (Lipinski definition) is 0. The van der Waals surface area contributed by atoms with Gasteiger partial charge >= 0.3 is 6.09 Å². The monoisotopic (exact) mass is 397 g/mol. The third-order valence-corrected chi connectivity index (χ3v) is 6.09. The molecule has 0 spiro atoms. The highest BCUT2D eigenvalue weighted by Crippen LogP contribution is 2.41. The standard InChI is InChI=1S/C22H31N5O2/c1-22(2,3)29-21(28)26-12-5-4-7-18(26)17-13-19-23-16(15-8-9-15)14-20(27(19)24-17)25-10-6-11-25/h13-15,18H,4-12H2,1-3H3/t18-/m0/s1. The highest BCUT2D eigenvalue weighted by Gasteiger charge is 2.34. The van der Waals surface area contributed by atoms with Gasteiger partial charge < -0.3 is 9.64 Å². The molecule has 2 aromatic heterocycles. The van der Waals surface area contributed by atoms with E-state index in [0.717, 1.165) is 49.5 Å². The summed E-state index contributed by atoms with van der Waals surface area (Å²) in [6.07, 6.45) is 6.47. The van der Waals surface area contributed by atoms with Crippen LogP contribution >= 0.6 is 0 Å². The molecule has 2 aromatic rings. The second-order valence-electron chi connectivity index (χ2n) is 9.68. The molecule has 0 bridgehead atoms. The Bertz CT molecular complexity index is 923. The Morgan fingerprint density at radius 1 is 1.03 bits per heavy atom. The van der Waals surface area contributed by atoms with Gasteiger partial charge in [0.2, 0.25) is 0 Å². The molecule has 1 aliphatic carbocycles. The van der Waals surface area contributed by atoms with Crippen LogP contribution in [-0.4, -0.2) is 50.8 Å². The number of amides is 1. The van der Waals surface area contributed by atoms with Gasteiger partial charge in [-0.15, -0.1) is 0 Å². The van der Waals surface area contributed by atoms with Crippen molar-refractivity contribution < 1.29 is 9.53 Å². The fraction of sp³-hybridized carbons (Fsp3) is 0.682. The van der Waals surface area contributed by atoms with E-state index in [4.69, 9.17) is 14.8 Å². The SMILES string of the molecule is CC(C)(C)OC(=O)N1CCCC[C@H]1c1cc2nc(C3CC3)cc(N3CCC3)n2n1. The molecule has 0 unspecified atom stereocenters. The Balaban J connectivity index is 1.50. The maximum Gasteiger partial charge on any atom is 0.410 e. The molecule has 29 heavy (non-hydrogen) atoms. The normalized spacial score (nSPS) is 22.7. The third kappa shape index (κ3) is 3.67. The van der Waals surface area contributed by atoms with Crippen LogP contribution in [0.3, 0.4) is 0 Å². The minimum atomic E-state index is -0.497. The summed E-state index contributed by atoms with van der Waals surface area (Å²) in [5.74, 6) is 1.75. The molecule has 5 rings (SSSR count). The van der Waals surface area contributed by atoms with Crippen LogP contribution in [0.1, 0.15) is 82.6 Å². The molecule has 1 amide bonds. The predicted molar refractivity (Wildman–Crippen MR) is 111 cm³/mol. The average Bonchev–Trinajstić information content (AvgIpc) is 3.38. The number of rotatable bonds is 3. The summed E-state index contributed by atoms with van der Waals surface area (Å²) in [5.41, 5.74) is 2.53. The third-order valence-electron chi connectivity index (χ3n) is 6.09. The summed E-state index contributed by atoms with van der Waals surface area (Å²) in [6, 6.07) is 4.27. The molecule has 1 atom stereocenters. The van der Waals surface area contributed by atoms with E-state index in [-0.39, 0.29) is 12.1 Å². The molecule has 0 N–H and O–H groups in total. The number of ether oxygens (including phenoxy) is 1. The zero-order valence-electron chi connectivity index (χ0n) is 17.7. The Morgan fingerprint density at radius 3 is 2.48 bits per heavy atom. The van der Waals surface area contributed by atoms with Gasteiger partial charge in [-0.2, -0.15) is 9.61 Å². The summed E-state index contributed by atoms with van der Waals surface area (Å²) in [4.78, 5) is 22.0. The summed E-state index contributed by atoms with van der Waals surface area (Å²) >= 11 is 0. The summed E-state index contributed by atoms with van der Waals surface area (Å²) < 4.78 is 7.67. The molecule has 3 fully saturated rings. The molecule has 1 saturated carbocycles. The number of anilines is 1. The molecule has 7 nitrogen and oxygen atoms in total. The average molecular weight is 398 g/mol. The lowest BCUT2D eigenvalue weighted by Gasteiger charge is -2.36. The predicted octanol–water partition coefficient (Wildman–Crippen LogP) is 4.28. The zero-order valence-corrected chi connectivity index (χ0v) is 17.7.